The first-order chi connectivity index (χ1) is 11.7. The Kier molecular flexibility index (Phi) is 5.07. The minimum atomic E-state index is -0.0328. The van der Waals surface area contributed by atoms with Gasteiger partial charge in [-0.2, -0.15) is 0 Å². The van der Waals surface area contributed by atoms with Crippen LogP contribution in [0.5, 0.6) is 5.75 Å². The van der Waals surface area contributed by atoms with Crippen LogP contribution >= 0.6 is 0 Å². The second-order valence-electron chi connectivity index (χ2n) is 5.85. The molecular weight excluding hydrogens is 296 g/mol. The second kappa shape index (κ2) is 7.60. The van der Waals surface area contributed by atoms with E-state index in [4.69, 9.17) is 4.74 Å². The standard InChI is InChI=1S/C22H20O2/c1-17-11-14-22(24-16-19-9-3-2-4-10-19)20(15-17)21(23)13-12-18-7-5-6-8-18/h2-7,9-15H,8,16H2,1H3/b13-12+. The van der Waals surface area contributed by atoms with Crippen LogP contribution in [-0.2, 0) is 6.61 Å². The Morgan fingerprint density at radius 3 is 2.75 bits per heavy atom. The number of carbonyl (C=O) groups is 1. The highest BCUT2D eigenvalue weighted by Crippen LogP contribution is 2.23. The van der Waals surface area contributed by atoms with Crippen LogP contribution in [0.1, 0.15) is 27.9 Å². The van der Waals surface area contributed by atoms with Gasteiger partial charge < -0.3 is 4.74 Å². The molecule has 0 N–H and O–H groups in total. The van der Waals surface area contributed by atoms with Crippen molar-refractivity contribution < 1.29 is 9.53 Å². The first-order valence-electron chi connectivity index (χ1n) is 8.08. The summed E-state index contributed by atoms with van der Waals surface area (Å²) < 4.78 is 5.89. The lowest BCUT2D eigenvalue weighted by Crippen LogP contribution is -2.03. The lowest BCUT2D eigenvalue weighted by molar-refractivity contribution is 0.104. The number of benzene rings is 2. The largest absolute Gasteiger partial charge is 0.488 e. The number of aryl methyl sites for hydroxylation is 1. The molecule has 0 unspecified atom stereocenters. The Morgan fingerprint density at radius 1 is 1.17 bits per heavy atom. The van der Waals surface area contributed by atoms with Crippen molar-refractivity contribution in [2.75, 3.05) is 0 Å². The third kappa shape index (κ3) is 4.11. The zero-order valence-corrected chi connectivity index (χ0v) is 13.7. The van der Waals surface area contributed by atoms with Gasteiger partial charge in [-0.25, -0.2) is 0 Å². The summed E-state index contributed by atoms with van der Waals surface area (Å²) in [5.74, 6) is 0.590. The highest BCUT2D eigenvalue weighted by molar-refractivity contribution is 6.06. The van der Waals surface area contributed by atoms with Gasteiger partial charge in [-0.3, -0.25) is 4.79 Å². The Morgan fingerprint density at radius 2 is 2.00 bits per heavy atom. The lowest BCUT2D eigenvalue weighted by Gasteiger charge is -2.11. The molecule has 0 fully saturated rings. The molecule has 3 rings (SSSR count). The van der Waals surface area contributed by atoms with Crippen LogP contribution in [0.25, 0.3) is 0 Å². The molecule has 0 amide bonds. The van der Waals surface area contributed by atoms with Crippen molar-refractivity contribution in [2.45, 2.75) is 20.0 Å². The van der Waals surface area contributed by atoms with Gasteiger partial charge >= 0.3 is 0 Å². The average Bonchev–Trinajstić information content (AvgIpc) is 3.13. The van der Waals surface area contributed by atoms with Gasteiger partial charge in [0.15, 0.2) is 5.78 Å². The monoisotopic (exact) mass is 316 g/mol. The van der Waals surface area contributed by atoms with E-state index < -0.39 is 0 Å². The van der Waals surface area contributed by atoms with E-state index >= 15 is 0 Å². The maximum Gasteiger partial charge on any atom is 0.189 e. The maximum absolute atomic E-state index is 12.6. The van der Waals surface area contributed by atoms with Crippen molar-refractivity contribution in [3.05, 3.63) is 101 Å². The SMILES string of the molecule is Cc1ccc(OCc2ccccc2)c(C(=O)/C=C/C2=CC=CC2)c1. The predicted octanol–water partition coefficient (Wildman–Crippen LogP) is 5.20. The highest BCUT2D eigenvalue weighted by Gasteiger charge is 2.11. The Balaban J connectivity index is 1.76. The molecule has 0 aliphatic heterocycles. The molecule has 0 radical (unpaired) electrons. The molecule has 2 nitrogen and oxygen atoms in total. The molecule has 120 valence electrons. The molecule has 0 saturated heterocycles. The minimum absolute atomic E-state index is 0.0328. The van der Waals surface area contributed by atoms with Gasteiger partial charge in [-0.15, -0.1) is 0 Å². The molecule has 0 spiro atoms. The Hall–Kier alpha value is -2.87. The number of rotatable bonds is 6. The zero-order valence-electron chi connectivity index (χ0n) is 13.7. The van der Waals surface area contributed by atoms with Crippen LogP contribution in [0, 0.1) is 6.92 Å². The van der Waals surface area contributed by atoms with Crippen molar-refractivity contribution in [1.82, 2.24) is 0 Å². The summed E-state index contributed by atoms with van der Waals surface area (Å²) >= 11 is 0. The van der Waals surface area contributed by atoms with Crippen LogP contribution in [-0.4, -0.2) is 5.78 Å². The van der Waals surface area contributed by atoms with Crippen LogP contribution in [0.4, 0.5) is 0 Å². The van der Waals surface area contributed by atoms with Crippen molar-refractivity contribution in [1.29, 1.82) is 0 Å². The summed E-state index contributed by atoms with van der Waals surface area (Å²) in [5.41, 5.74) is 3.87. The Bertz CT molecular complexity index is 811. The molecule has 0 atom stereocenters. The second-order valence-corrected chi connectivity index (χ2v) is 5.85. The van der Waals surface area contributed by atoms with Crippen LogP contribution in [0.3, 0.4) is 0 Å². The van der Waals surface area contributed by atoms with Gasteiger partial charge in [0.05, 0.1) is 5.56 Å². The van der Waals surface area contributed by atoms with Gasteiger partial charge in [-0.05, 0) is 42.7 Å². The lowest BCUT2D eigenvalue weighted by atomic mass is 10.0. The number of hydrogen-bond donors (Lipinski definition) is 0. The van der Waals surface area contributed by atoms with E-state index in [1.54, 1.807) is 6.08 Å². The zero-order chi connectivity index (χ0) is 16.8. The van der Waals surface area contributed by atoms with Gasteiger partial charge in [0, 0.05) is 0 Å². The molecule has 24 heavy (non-hydrogen) atoms. The van der Waals surface area contributed by atoms with Gasteiger partial charge in [-0.1, -0.05) is 66.3 Å². The number of allylic oxidation sites excluding steroid dienone is 6. The van der Waals surface area contributed by atoms with Crippen molar-refractivity contribution in [3.63, 3.8) is 0 Å². The van der Waals surface area contributed by atoms with Gasteiger partial charge in [0.25, 0.3) is 0 Å². The molecule has 0 bridgehead atoms. The number of hydrogen-bond acceptors (Lipinski definition) is 2. The predicted molar refractivity (Wildman–Crippen MR) is 97.3 cm³/mol. The van der Waals surface area contributed by atoms with Gasteiger partial charge in [0.2, 0.25) is 0 Å². The molecule has 0 heterocycles. The van der Waals surface area contributed by atoms with Gasteiger partial charge in [0.1, 0.15) is 12.4 Å². The fraction of sp³-hybridized carbons (Fsp3) is 0.136. The summed E-state index contributed by atoms with van der Waals surface area (Å²) in [5, 5.41) is 0. The normalized spacial score (nSPS) is 13.3. The fourth-order valence-corrected chi connectivity index (χ4v) is 2.56. The van der Waals surface area contributed by atoms with Crippen molar-refractivity contribution in [2.24, 2.45) is 0 Å². The van der Waals surface area contributed by atoms with E-state index in [1.807, 2.05) is 73.7 Å². The highest BCUT2D eigenvalue weighted by atomic mass is 16.5. The van der Waals surface area contributed by atoms with E-state index in [0.29, 0.717) is 17.9 Å². The fourth-order valence-electron chi connectivity index (χ4n) is 2.56. The van der Waals surface area contributed by atoms with Crippen LogP contribution in [0.2, 0.25) is 0 Å². The van der Waals surface area contributed by atoms with Crippen LogP contribution < -0.4 is 4.74 Å². The smallest absolute Gasteiger partial charge is 0.189 e. The third-order valence-electron chi connectivity index (χ3n) is 3.89. The topological polar surface area (TPSA) is 26.3 Å². The van der Waals surface area contributed by atoms with Crippen molar-refractivity contribution in [3.8, 4) is 5.75 Å². The van der Waals surface area contributed by atoms with Crippen molar-refractivity contribution >= 4 is 5.78 Å². The number of ketones is 1. The van der Waals surface area contributed by atoms with E-state index in [9.17, 15) is 4.79 Å². The van der Waals surface area contributed by atoms with E-state index in [2.05, 4.69) is 6.08 Å². The first kappa shape index (κ1) is 16.0. The molecule has 0 saturated carbocycles. The summed E-state index contributed by atoms with van der Waals surface area (Å²) in [6, 6.07) is 15.7. The first-order valence-corrected chi connectivity index (χ1v) is 8.08. The summed E-state index contributed by atoms with van der Waals surface area (Å²) in [4.78, 5) is 12.6. The quantitative estimate of drug-likeness (QED) is 0.541. The molecule has 2 heteroatoms. The Labute approximate surface area is 142 Å². The third-order valence-corrected chi connectivity index (χ3v) is 3.89. The molecule has 1 aliphatic rings. The molecular formula is C22H20O2. The summed E-state index contributed by atoms with van der Waals surface area (Å²) in [6.07, 6.45) is 10.5. The van der Waals surface area contributed by atoms with E-state index in [-0.39, 0.29) is 5.78 Å². The molecule has 0 aromatic heterocycles. The molecule has 2 aromatic carbocycles. The average molecular weight is 316 g/mol. The molecule has 1 aliphatic carbocycles. The maximum atomic E-state index is 12.6. The van der Waals surface area contributed by atoms with E-state index in [1.165, 1.54) is 0 Å². The van der Waals surface area contributed by atoms with E-state index in [0.717, 1.165) is 23.1 Å². The molecule has 2 aromatic rings. The summed E-state index contributed by atoms with van der Waals surface area (Å²) in [6.45, 7) is 2.42. The van der Waals surface area contributed by atoms with Crippen LogP contribution in [0.15, 0.2) is 84.5 Å². The minimum Gasteiger partial charge on any atom is -0.488 e. The number of carbonyl (C=O) groups excluding carboxylic acids is 1. The summed E-state index contributed by atoms with van der Waals surface area (Å²) in [7, 11) is 0. The number of ether oxygens (including phenoxy) is 1.